The Labute approximate surface area is 254 Å². The van der Waals surface area contributed by atoms with Gasteiger partial charge in [-0.1, -0.05) is 25.5 Å². The molecule has 0 aliphatic heterocycles. The number of ether oxygens (including phenoxy) is 2. The number of phenolic OH excluding ortho intramolecular Hbond substituents is 1. The Morgan fingerprint density at radius 3 is 2.21 bits per heavy atom. The van der Waals surface area contributed by atoms with Gasteiger partial charge < -0.3 is 36.1 Å². The van der Waals surface area contributed by atoms with Gasteiger partial charge in [0.05, 0.1) is 31.9 Å². The average Bonchev–Trinajstić information content (AvgIpc) is 2.97. The second kappa shape index (κ2) is 21.5. The SMILES string of the molecule is CCCOCCOCC(=O)NCCCC[C@H](CC(=O)C(C)NC(=O)[C@@H](N)Cc1ccc(O)cc1)C(=O)C[C@@H](CO)C(C)=O. The molecule has 12 nitrogen and oxygen atoms in total. The summed E-state index contributed by atoms with van der Waals surface area (Å²) in [6, 6.07) is 4.46. The summed E-state index contributed by atoms with van der Waals surface area (Å²) < 4.78 is 10.5. The molecule has 0 aliphatic rings. The second-order valence-electron chi connectivity index (χ2n) is 10.7. The van der Waals surface area contributed by atoms with Crippen LogP contribution >= 0.6 is 0 Å². The van der Waals surface area contributed by atoms with Crippen LogP contribution in [-0.4, -0.2) is 91.0 Å². The fourth-order valence-corrected chi connectivity index (χ4v) is 4.25. The van der Waals surface area contributed by atoms with E-state index in [4.69, 9.17) is 15.2 Å². The van der Waals surface area contributed by atoms with E-state index < -0.39 is 36.4 Å². The molecule has 2 amide bonds. The maximum Gasteiger partial charge on any atom is 0.245 e. The number of benzene rings is 1. The van der Waals surface area contributed by atoms with Crippen molar-refractivity contribution in [1.29, 1.82) is 0 Å². The average molecular weight is 608 g/mol. The minimum absolute atomic E-state index is 0.0824. The van der Waals surface area contributed by atoms with Gasteiger partial charge in [0.1, 0.15) is 23.9 Å². The fourth-order valence-electron chi connectivity index (χ4n) is 4.25. The molecule has 0 aromatic heterocycles. The molecule has 0 fully saturated rings. The van der Waals surface area contributed by atoms with Crippen molar-refractivity contribution in [2.45, 2.75) is 77.8 Å². The first kappa shape index (κ1) is 37.8. The lowest BCUT2D eigenvalue weighted by Crippen LogP contribution is -2.48. The molecule has 4 atom stereocenters. The number of unbranched alkanes of at least 4 members (excludes halogenated alkanes) is 1. The highest BCUT2D eigenvalue weighted by Crippen LogP contribution is 2.20. The summed E-state index contributed by atoms with van der Waals surface area (Å²) >= 11 is 0. The first-order valence-corrected chi connectivity index (χ1v) is 14.9. The topological polar surface area (TPSA) is 194 Å². The number of carbonyl (C=O) groups excluding carboxylic acids is 5. The third-order valence-corrected chi connectivity index (χ3v) is 6.97. The van der Waals surface area contributed by atoms with Gasteiger partial charge in [0, 0.05) is 37.8 Å². The summed E-state index contributed by atoms with van der Waals surface area (Å²) in [5.74, 6) is -3.24. The highest BCUT2D eigenvalue weighted by Gasteiger charge is 2.28. The molecule has 12 heteroatoms. The zero-order valence-electron chi connectivity index (χ0n) is 25.6. The Balaban J connectivity index is 2.62. The number of aliphatic hydroxyl groups excluding tert-OH is 1. The van der Waals surface area contributed by atoms with E-state index in [0.717, 1.165) is 12.0 Å². The Morgan fingerprint density at radius 1 is 0.930 bits per heavy atom. The lowest BCUT2D eigenvalue weighted by atomic mass is 9.85. The molecule has 0 heterocycles. The molecule has 43 heavy (non-hydrogen) atoms. The lowest BCUT2D eigenvalue weighted by Gasteiger charge is -2.21. The summed E-state index contributed by atoms with van der Waals surface area (Å²) in [5, 5.41) is 24.3. The van der Waals surface area contributed by atoms with Crippen LogP contribution in [-0.2, 0) is 39.9 Å². The molecule has 0 aliphatic carbocycles. The van der Waals surface area contributed by atoms with Crippen LogP contribution in [0.15, 0.2) is 24.3 Å². The number of aliphatic hydroxyl groups is 1. The lowest BCUT2D eigenvalue weighted by molar-refractivity contribution is -0.133. The van der Waals surface area contributed by atoms with E-state index in [9.17, 15) is 34.2 Å². The fraction of sp³-hybridized carbons (Fsp3) is 0.645. The van der Waals surface area contributed by atoms with Crippen LogP contribution in [0.1, 0.15) is 64.9 Å². The molecule has 0 saturated heterocycles. The van der Waals surface area contributed by atoms with E-state index in [2.05, 4.69) is 10.6 Å². The van der Waals surface area contributed by atoms with Crippen molar-refractivity contribution in [3.8, 4) is 5.75 Å². The predicted molar refractivity (Wildman–Crippen MR) is 160 cm³/mol. The van der Waals surface area contributed by atoms with Crippen LogP contribution in [0.25, 0.3) is 0 Å². The summed E-state index contributed by atoms with van der Waals surface area (Å²) in [5.41, 5.74) is 6.76. The Bertz CT molecular complexity index is 1020. The molecule has 6 N–H and O–H groups in total. The number of rotatable bonds is 24. The minimum atomic E-state index is -0.923. The number of nitrogens with two attached hydrogens (primary N) is 1. The molecule has 1 aromatic carbocycles. The second-order valence-corrected chi connectivity index (χ2v) is 10.7. The van der Waals surface area contributed by atoms with Crippen molar-refractivity contribution >= 4 is 29.2 Å². The Hall–Kier alpha value is -3.19. The maximum atomic E-state index is 13.1. The number of aromatic hydroxyl groups is 1. The quantitative estimate of drug-likeness (QED) is 0.107. The van der Waals surface area contributed by atoms with E-state index in [0.29, 0.717) is 45.6 Å². The van der Waals surface area contributed by atoms with E-state index in [1.807, 2.05) is 6.92 Å². The van der Waals surface area contributed by atoms with Crippen molar-refractivity contribution in [2.75, 3.05) is 39.6 Å². The number of amides is 2. The van der Waals surface area contributed by atoms with Gasteiger partial charge in [-0.25, -0.2) is 0 Å². The Kier molecular flexibility index (Phi) is 18.9. The molecule has 1 rings (SSSR count). The van der Waals surface area contributed by atoms with Gasteiger partial charge in [-0.3, -0.25) is 24.0 Å². The molecular formula is C31H49N3O9. The number of phenols is 1. The molecule has 242 valence electrons. The largest absolute Gasteiger partial charge is 0.508 e. The number of nitrogens with one attached hydrogen (secondary N) is 2. The Morgan fingerprint density at radius 2 is 1.58 bits per heavy atom. The van der Waals surface area contributed by atoms with E-state index in [-0.39, 0.29) is 54.9 Å². The predicted octanol–water partition coefficient (Wildman–Crippen LogP) is 1.23. The normalized spacial score (nSPS) is 13.9. The number of hydrogen-bond acceptors (Lipinski definition) is 10. The van der Waals surface area contributed by atoms with Gasteiger partial charge in [0.15, 0.2) is 5.78 Å². The molecule has 0 spiro atoms. The van der Waals surface area contributed by atoms with E-state index in [1.165, 1.54) is 26.0 Å². The third kappa shape index (κ3) is 16.3. The van der Waals surface area contributed by atoms with Crippen molar-refractivity contribution < 1.29 is 43.7 Å². The number of carbonyl (C=O) groups is 5. The maximum absolute atomic E-state index is 13.1. The standard InChI is InChI=1S/C31H49N3O9/c1-4-13-42-14-15-43-20-30(40)33-12-6-5-7-24(29(39)18-25(19-35)22(3)36)17-28(38)21(2)34-31(41)27(32)16-23-8-10-26(37)11-9-23/h8-11,21,24-25,27,35,37H,4-7,12-20,32H2,1-3H3,(H,33,40)(H,34,41)/t21?,24-,25+,27+/m1/s1. The summed E-state index contributed by atoms with van der Waals surface area (Å²) in [6.07, 6.45) is 2.20. The van der Waals surface area contributed by atoms with Crippen LogP contribution < -0.4 is 16.4 Å². The summed E-state index contributed by atoms with van der Waals surface area (Å²) in [4.78, 5) is 62.5. The zero-order valence-corrected chi connectivity index (χ0v) is 25.6. The first-order chi connectivity index (χ1) is 20.5. The molecule has 0 saturated carbocycles. The van der Waals surface area contributed by atoms with E-state index >= 15 is 0 Å². The first-order valence-electron chi connectivity index (χ1n) is 14.9. The zero-order chi connectivity index (χ0) is 32.2. The minimum Gasteiger partial charge on any atom is -0.508 e. The summed E-state index contributed by atoms with van der Waals surface area (Å²) in [7, 11) is 0. The van der Waals surface area contributed by atoms with Crippen LogP contribution in [0.5, 0.6) is 5.75 Å². The van der Waals surface area contributed by atoms with Gasteiger partial charge in [-0.05, 0) is 57.2 Å². The van der Waals surface area contributed by atoms with Gasteiger partial charge in [-0.15, -0.1) is 0 Å². The van der Waals surface area contributed by atoms with Crippen molar-refractivity contribution in [3.63, 3.8) is 0 Å². The molecule has 1 aromatic rings. The molecule has 0 radical (unpaired) electrons. The van der Waals surface area contributed by atoms with Crippen molar-refractivity contribution in [3.05, 3.63) is 29.8 Å². The number of Topliss-reactive ketones (excluding diaryl/α,β-unsaturated/α-hetero) is 3. The van der Waals surface area contributed by atoms with Gasteiger partial charge in [-0.2, -0.15) is 0 Å². The summed E-state index contributed by atoms with van der Waals surface area (Å²) in [6.45, 7) is 6.03. The molecular weight excluding hydrogens is 558 g/mol. The van der Waals surface area contributed by atoms with Crippen molar-refractivity contribution in [1.82, 2.24) is 10.6 Å². The van der Waals surface area contributed by atoms with Gasteiger partial charge in [0.25, 0.3) is 0 Å². The van der Waals surface area contributed by atoms with Crippen molar-refractivity contribution in [2.24, 2.45) is 17.6 Å². The smallest absolute Gasteiger partial charge is 0.245 e. The van der Waals surface area contributed by atoms with Gasteiger partial charge in [0.2, 0.25) is 11.8 Å². The molecule has 1 unspecified atom stereocenters. The van der Waals surface area contributed by atoms with Crippen LogP contribution in [0.2, 0.25) is 0 Å². The van der Waals surface area contributed by atoms with Crippen LogP contribution in [0.4, 0.5) is 0 Å². The van der Waals surface area contributed by atoms with Gasteiger partial charge >= 0.3 is 0 Å². The van der Waals surface area contributed by atoms with E-state index in [1.54, 1.807) is 12.1 Å². The number of hydrogen-bond donors (Lipinski definition) is 5. The van der Waals surface area contributed by atoms with Crippen LogP contribution in [0, 0.1) is 11.8 Å². The monoisotopic (exact) mass is 607 g/mol. The highest BCUT2D eigenvalue weighted by atomic mass is 16.5. The number of ketones is 3. The molecule has 0 bridgehead atoms. The highest BCUT2D eigenvalue weighted by molar-refractivity contribution is 5.94. The third-order valence-electron chi connectivity index (χ3n) is 6.97. The van der Waals surface area contributed by atoms with Crippen LogP contribution in [0.3, 0.4) is 0 Å².